The molecule has 4 heterocycles. The predicted molar refractivity (Wildman–Crippen MR) is 111 cm³/mol. The molecule has 3 aliphatic rings. The highest BCUT2D eigenvalue weighted by atomic mass is 16.5. The summed E-state index contributed by atoms with van der Waals surface area (Å²) in [5, 5.41) is 0. The Morgan fingerprint density at radius 2 is 1.79 bits per heavy atom. The number of aromatic nitrogens is 2. The monoisotopic (exact) mass is 379 g/mol. The standard InChI is InChI=1S/C22H29N5O/c1-2-10-27(9-1)22-23-8-5-21(24-22)26-14-12-25(13-15-26)11-6-18-3-4-20-19(17-18)7-16-28-20/h3-5,8,17H,1-2,6-7,9-16H2. The van der Waals surface area contributed by atoms with E-state index in [4.69, 9.17) is 9.72 Å². The molecule has 2 saturated heterocycles. The molecule has 0 spiro atoms. The fourth-order valence-electron chi connectivity index (χ4n) is 4.47. The first kappa shape index (κ1) is 17.7. The van der Waals surface area contributed by atoms with Gasteiger partial charge in [0, 0.05) is 58.4 Å². The van der Waals surface area contributed by atoms with Crippen molar-refractivity contribution in [2.75, 3.05) is 62.2 Å². The molecule has 3 aliphatic heterocycles. The van der Waals surface area contributed by atoms with Crippen molar-refractivity contribution in [3.05, 3.63) is 41.6 Å². The Morgan fingerprint density at radius 3 is 2.64 bits per heavy atom. The highest BCUT2D eigenvalue weighted by Gasteiger charge is 2.20. The van der Waals surface area contributed by atoms with E-state index in [9.17, 15) is 0 Å². The second kappa shape index (κ2) is 7.95. The van der Waals surface area contributed by atoms with Crippen LogP contribution in [-0.2, 0) is 12.8 Å². The average Bonchev–Trinajstić information content (AvgIpc) is 3.44. The van der Waals surface area contributed by atoms with Crippen molar-refractivity contribution < 1.29 is 4.74 Å². The van der Waals surface area contributed by atoms with Gasteiger partial charge in [-0.2, -0.15) is 4.98 Å². The zero-order chi connectivity index (χ0) is 18.8. The molecule has 28 heavy (non-hydrogen) atoms. The van der Waals surface area contributed by atoms with Crippen LogP contribution in [0.1, 0.15) is 24.0 Å². The Morgan fingerprint density at radius 1 is 0.929 bits per heavy atom. The van der Waals surface area contributed by atoms with E-state index < -0.39 is 0 Å². The van der Waals surface area contributed by atoms with Gasteiger partial charge in [0.1, 0.15) is 11.6 Å². The van der Waals surface area contributed by atoms with Crippen LogP contribution in [0.15, 0.2) is 30.5 Å². The minimum atomic E-state index is 0.837. The topological polar surface area (TPSA) is 44.7 Å². The second-order valence-corrected chi connectivity index (χ2v) is 8.03. The Kier molecular flexibility index (Phi) is 5.04. The van der Waals surface area contributed by atoms with Gasteiger partial charge in [-0.15, -0.1) is 0 Å². The molecular formula is C22H29N5O. The molecule has 5 rings (SSSR count). The first-order chi connectivity index (χ1) is 13.8. The van der Waals surface area contributed by atoms with Crippen LogP contribution in [-0.4, -0.2) is 67.3 Å². The molecule has 0 amide bonds. The van der Waals surface area contributed by atoms with Crippen molar-refractivity contribution in [3.63, 3.8) is 0 Å². The van der Waals surface area contributed by atoms with E-state index in [1.165, 1.54) is 24.0 Å². The normalized spacial score (nSPS) is 19.7. The van der Waals surface area contributed by atoms with Gasteiger partial charge in [-0.3, -0.25) is 4.90 Å². The van der Waals surface area contributed by atoms with Gasteiger partial charge in [0.2, 0.25) is 5.95 Å². The maximum atomic E-state index is 5.61. The van der Waals surface area contributed by atoms with E-state index in [1.54, 1.807) is 0 Å². The van der Waals surface area contributed by atoms with Gasteiger partial charge in [-0.05, 0) is 42.5 Å². The summed E-state index contributed by atoms with van der Waals surface area (Å²) >= 11 is 0. The number of nitrogens with zero attached hydrogens (tertiary/aromatic N) is 5. The lowest BCUT2D eigenvalue weighted by Gasteiger charge is -2.35. The summed E-state index contributed by atoms with van der Waals surface area (Å²) in [7, 11) is 0. The third-order valence-corrected chi connectivity index (χ3v) is 6.18. The van der Waals surface area contributed by atoms with Gasteiger partial charge in [0.25, 0.3) is 0 Å². The second-order valence-electron chi connectivity index (χ2n) is 8.03. The van der Waals surface area contributed by atoms with Gasteiger partial charge >= 0.3 is 0 Å². The summed E-state index contributed by atoms with van der Waals surface area (Å²) in [6.45, 7) is 8.40. The molecule has 148 valence electrons. The minimum Gasteiger partial charge on any atom is -0.493 e. The molecule has 1 aromatic carbocycles. The van der Waals surface area contributed by atoms with Crippen LogP contribution in [0.4, 0.5) is 11.8 Å². The first-order valence-corrected chi connectivity index (χ1v) is 10.6. The average molecular weight is 380 g/mol. The molecule has 0 N–H and O–H groups in total. The van der Waals surface area contributed by atoms with Crippen molar-refractivity contribution in [2.45, 2.75) is 25.7 Å². The molecule has 6 nitrogen and oxygen atoms in total. The summed E-state index contributed by atoms with van der Waals surface area (Å²) in [4.78, 5) is 16.6. The molecule has 0 saturated carbocycles. The molecule has 6 heteroatoms. The number of piperazine rings is 1. The van der Waals surface area contributed by atoms with Crippen molar-refractivity contribution in [2.24, 2.45) is 0 Å². The zero-order valence-corrected chi connectivity index (χ0v) is 16.5. The number of benzene rings is 1. The van der Waals surface area contributed by atoms with Gasteiger partial charge in [0.15, 0.2) is 0 Å². The summed E-state index contributed by atoms with van der Waals surface area (Å²) in [6, 6.07) is 8.76. The lowest BCUT2D eigenvalue weighted by molar-refractivity contribution is 0.260. The number of hydrogen-bond donors (Lipinski definition) is 0. The first-order valence-electron chi connectivity index (χ1n) is 10.6. The molecule has 0 unspecified atom stereocenters. The van der Waals surface area contributed by atoms with Crippen LogP contribution in [0.2, 0.25) is 0 Å². The smallest absolute Gasteiger partial charge is 0.227 e. The van der Waals surface area contributed by atoms with E-state index in [2.05, 4.69) is 43.9 Å². The van der Waals surface area contributed by atoms with Crippen LogP contribution >= 0.6 is 0 Å². The molecule has 0 radical (unpaired) electrons. The number of hydrogen-bond acceptors (Lipinski definition) is 6. The number of rotatable bonds is 5. The summed E-state index contributed by atoms with van der Waals surface area (Å²) in [6.07, 6.45) is 6.59. The van der Waals surface area contributed by atoms with Crippen molar-refractivity contribution >= 4 is 11.8 Å². The summed E-state index contributed by atoms with van der Waals surface area (Å²) < 4.78 is 5.61. The van der Waals surface area contributed by atoms with Gasteiger partial charge < -0.3 is 14.5 Å². The maximum absolute atomic E-state index is 5.61. The fourth-order valence-corrected chi connectivity index (χ4v) is 4.47. The van der Waals surface area contributed by atoms with Crippen LogP contribution in [0.5, 0.6) is 5.75 Å². The van der Waals surface area contributed by atoms with E-state index in [1.807, 2.05) is 6.20 Å². The number of fused-ring (bicyclic) bond motifs is 1. The van der Waals surface area contributed by atoms with Gasteiger partial charge in [-0.1, -0.05) is 12.1 Å². The van der Waals surface area contributed by atoms with Gasteiger partial charge in [0.05, 0.1) is 6.61 Å². The Labute approximate surface area is 167 Å². The van der Waals surface area contributed by atoms with Crippen molar-refractivity contribution in [1.82, 2.24) is 14.9 Å². The summed E-state index contributed by atoms with van der Waals surface area (Å²) in [5.74, 6) is 3.06. The molecule has 0 atom stereocenters. The van der Waals surface area contributed by atoms with E-state index >= 15 is 0 Å². The highest BCUT2D eigenvalue weighted by Crippen LogP contribution is 2.26. The number of ether oxygens (including phenoxy) is 1. The quantitative estimate of drug-likeness (QED) is 0.795. The van der Waals surface area contributed by atoms with E-state index in [0.717, 1.165) is 82.8 Å². The predicted octanol–water partition coefficient (Wildman–Crippen LogP) is 2.38. The van der Waals surface area contributed by atoms with Crippen molar-refractivity contribution in [1.29, 1.82) is 0 Å². The molecular weight excluding hydrogens is 350 g/mol. The Balaban J connectivity index is 1.14. The van der Waals surface area contributed by atoms with Crippen LogP contribution in [0, 0.1) is 0 Å². The van der Waals surface area contributed by atoms with Gasteiger partial charge in [-0.25, -0.2) is 4.98 Å². The van der Waals surface area contributed by atoms with E-state index in [0.29, 0.717) is 0 Å². The molecule has 0 bridgehead atoms. The lowest BCUT2D eigenvalue weighted by atomic mass is 10.1. The Bertz CT molecular complexity index is 812. The number of anilines is 2. The van der Waals surface area contributed by atoms with Crippen LogP contribution < -0.4 is 14.5 Å². The SMILES string of the molecule is c1cc(N2CCN(CCc3ccc4c(c3)CCO4)CC2)nc(N2CCCC2)n1. The van der Waals surface area contributed by atoms with Crippen molar-refractivity contribution in [3.8, 4) is 5.75 Å². The summed E-state index contributed by atoms with van der Waals surface area (Å²) in [5.41, 5.74) is 2.80. The zero-order valence-electron chi connectivity index (χ0n) is 16.5. The van der Waals surface area contributed by atoms with Crippen LogP contribution in [0.3, 0.4) is 0 Å². The lowest BCUT2D eigenvalue weighted by Crippen LogP contribution is -2.47. The third kappa shape index (κ3) is 3.78. The molecule has 2 aromatic rings. The molecule has 0 aliphatic carbocycles. The third-order valence-electron chi connectivity index (χ3n) is 6.18. The van der Waals surface area contributed by atoms with E-state index in [-0.39, 0.29) is 0 Å². The molecule has 1 aromatic heterocycles. The molecule has 2 fully saturated rings. The maximum Gasteiger partial charge on any atom is 0.227 e. The fraction of sp³-hybridized carbons (Fsp3) is 0.545. The highest BCUT2D eigenvalue weighted by molar-refractivity contribution is 5.44. The minimum absolute atomic E-state index is 0.837. The Hall–Kier alpha value is -2.34. The van der Waals surface area contributed by atoms with Crippen LogP contribution in [0.25, 0.3) is 0 Å². The largest absolute Gasteiger partial charge is 0.493 e.